The molecule has 2 unspecified atom stereocenters. The van der Waals surface area contributed by atoms with Crippen molar-refractivity contribution in [2.75, 3.05) is 0 Å². The average Bonchev–Trinajstić information content (AvgIpc) is 2.45. The molecule has 0 aliphatic carbocycles. The molecule has 0 aliphatic heterocycles. The van der Waals surface area contributed by atoms with Crippen LogP contribution in [0.15, 0.2) is 24.3 Å². The zero-order chi connectivity index (χ0) is 17.4. The molecule has 2 atom stereocenters. The lowest BCUT2D eigenvalue weighted by atomic mass is 10.1. The Bertz CT molecular complexity index is 577. The molecule has 1 aromatic carbocycles. The molecule has 3 amide bonds. The van der Waals surface area contributed by atoms with Crippen LogP contribution < -0.4 is 16.4 Å². The Kier molecular flexibility index (Phi) is 7.18. The maximum atomic E-state index is 13.1. The molecule has 23 heavy (non-hydrogen) atoms. The van der Waals surface area contributed by atoms with Gasteiger partial charge < -0.3 is 16.4 Å². The molecule has 0 aliphatic rings. The van der Waals surface area contributed by atoms with Crippen LogP contribution in [0.5, 0.6) is 0 Å². The molecule has 1 aromatic rings. The Labute approximate surface area is 134 Å². The fraction of sp³-hybridized carbons (Fsp3) is 0.438. The third-order valence-corrected chi connectivity index (χ3v) is 3.31. The van der Waals surface area contributed by atoms with E-state index in [1.54, 1.807) is 6.07 Å². The topological polar surface area (TPSA) is 101 Å². The highest BCUT2D eigenvalue weighted by Gasteiger charge is 2.23. The summed E-state index contributed by atoms with van der Waals surface area (Å²) in [7, 11) is 0. The quantitative estimate of drug-likeness (QED) is 0.654. The number of rotatable bonds is 8. The molecule has 4 N–H and O–H groups in total. The fourth-order valence-corrected chi connectivity index (χ4v) is 1.93. The van der Waals surface area contributed by atoms with E-state index < -0.39 is 29.6 Å². The van der Waals surface area contributed by atoms with Crippen LogP contribution in [0.4, 0.5) is 4.39 Å². The van der Waals surface area contributed by atoms with Gasteiger partial charge >= 0.3 is 0 Å². The van der Waals surface area contributed by atoms with E-state index in [9.17, 15) is 18.8 Å². The Morgan fingerprint density at radius 3 is 2.52 bits per heavy atom. The highest BCUT2D eigenvalue weighted by molar-refractivity contribution is 5.92. The summed E-state index contributed by atoms with van der Waals surface area (Å²) < 4.78 is 13.1. The van der Waals surface area contributed by atoms with Crippen molar-refractivity contribution in [3.05, 3.63) is 35.6 Å². The first kappa shape index (κ1) is 18.6. The highest BCUT2D eigenvalue weighted by Crippen LogP contribution is 2.05. The fourth-order valence-electron chi connectivity index (χ4n) is 1.93. The number of hydrogen-bond donors (Lipinski definition) is 3. The minimum atomic E-state index is -1.04. The van der Waals surface area contributed by atoms with Crippen LogP contribution in [0.3, 0.4) is 0 Å². The molecule has 0 heterocycles. The van der Waals surface area contributed by atoms with Crippen LogP contribution in [-0.2, 0) is 20.8 Å². The predicted molar refractivity (Wildman–Crippen MR) is 83.7 cm³/mol. The van der Waals surface area contributed by atoms with E-state index >= 15 is 0 Å². The average molecular weight is 323 g/mol. The van der Waals surface area contributed by atoms with Crippen LogP contribution in [0.25, 0.3) is 0 Å². The lowest BCUT2D eigenvalue weighted by Crippen LogP contribution is -2.50. The zero-order valence-corrected chi connectivity index (χ0v) is 13.3. The van der Waals surface area contributed by atoms with Gasteiger partial charge in [0.15, 0.2) is 0 Å². The van der Waals surface area contributed by atoms with Gasteiger partial charge in [-0.1, -0.05) is 19.1 Å². The number of primary amides is 1. The lowest BCUT2D eigenvalue weighted by molar-refractivity contribution is -0.131. The van der Waals surface area contributed by atoms with E-state index in [0.717, 1.165) is 0 Å². The lowest BCUT2D eigenvalue weighted by Gasteiger charge is -2.20. The summed E-state index contributed by atoms with van der Waals surface area (Å²) in [5.74, 6) is -2.09. The standard InChI is InChI=1S/C16H22FN3O3/c1-3-10(2)19-16(23)13(9-14(18)21)20-15(22)8-11-5-4-6-12(17)7-11/h4-7,10,13H,3,8-9H2,1-2H3,(H2,18,21)(H,19,23)(H,20,22). The summed E-state index contributed by atoms with van der Waals surface area (Å²) in [4.78, 5) is 35.2. The molecule has 0 aromatic heterocycles. The van der Waals surface area contributed by atoms with Crippen molar-refractivity contribution < 1.29 is 18.8 Å². The van der Waals surface area contributed by atoms with Crippen molar-refractivity contribution in [1.29, 1.82) is 0 Å². The SMILES string of the molecule is CCC(C)NC(=O)C(CC(N)=O)NC(=O)Cc1cccc(F)c1. The number of nitrogens with two attached hydrogens (primary N) is 1. The van der Waals surface area contributed by atoms with Gasteiger partial charge in [0.05, 0.1) is 12.8 Å². The van der Waals surface area contributed by atoms with Gasteiger partial charge in [-0.2, -0.15) is 0 Å². The van der Waals surface area contributed by atoms with Gasteiger partial charge in [-0.05, 0) is 31.0 Å². The van der Waals surface area contributed by atoms with Crippen molar-refractivity contribution in [3.8, 4) is 0 Å². The Morgan fingerprint density at radius 2 is 1.96 bits per heavy atom. The van der Waals surface area contributed by atoms with Crippen LogP contribution in [0, 0.1) is 5.82 Å². The number of carbonyl (C=O) groups is 3. The van der Waals surface area contributed by atoms with E-state index in [-0.39, 0.29) is 18.9 Å². The first-order valence-electron chi connectivity index (χ1n) is 7.44. The third-order valence-electron chi connectivity index (χ3n) is 3.31. The van der Waals surface area contributed by atoms with E-state index in [1.807, 2.05) is 13.8 Å². The Morgan fingerprint density at radius 1 is 1.26 bits per heavy atom. The molecular formula is C16H22FN3O3. The number of carbonyl (C=O) groups excluding carboxylic acids is 3. The number of nitrogens with one attached hydrogen (secondary N) is 2. The summed E-state index contributed by atoms with van der Waals surface area (Å²) in [6.07, 6.45) is 0.326. The van der Waals surface area contributed by atoms with Crippen LogP contribution in [0.2, 0.25) is 0 Å². The highest BCUT2D eigenvalue weighted by atomic mass is 19.1. The maximum absolute atomic E-state index is 13.1. The van der Waals surface area contributed by atoms with Crippen LogP contribution in [-0.4, -0.2) is 29.8 Å². The van der Waals surface area contributed by atoms with Crippen molar-refractivity contribution in [1.82, 2.24) is 10.6 Å². The summed E-state index contributed by atoms with van der Waals surface area (Å²) >= 11 is 0. The maximum Gasteiger partial charge on any atom is 0.243 e. The van der Waals surface area contributed by atoms with Crippen molar-refractivity contribution in [3.63, 3.8) is 0 Å². The molecule has 0 bridgehead atoms. The summed E-state index contributed by atoms with van der Waals surface area (Å²) in [6.45, 7) is 3.71. The molecule has 0 radical (unpaired) electrons. The van der Waals surface area contributed by atoms with E-state index in [4.69, 9.17) is 5.73 Å². The second-order valence-electron chi connectivity index (χ2n) is 5.42. The predicted octanol–water partition coefficient (Wildman–Crippen LogP) is 0.643. The zero-order valence-electron chi connectivity index (χ0n) is 13.3. The largest absolute Gasteiger partial charge is 0.370 e. The molecule has 0 saturated heterocycles. The number of halogens is 1. The van der Waals surface area contributed by atoms with Gasteiger partial charge in [0.25, 0.3) is 0 Å². The molecule has 0 fully saturated rings. The first-order valence-corrected chi connectivity index (χ1v) is 7.44. The first-order chi connectivity index (χ1) is 10.8. The number of hydrogen-bond acceptors (Lipinski definition) is 3. The normalized spacial score (nSPS) is 13.0. The monoisotopic (exact) mass is 323 g/mol. The van der Waals surface area contributed by atoms with Gasteiger partial charge in [-0.15, -0.1) is 0 Å². The summed E-state index contributed by atoms with van der Waals surface area (Å²) in [5.41, 5.74) is 5.60. The van der Waals surface area contributed by atoms with Gasteiger partial charge in [0, 0.05) is 6.04 Å². The third kappa shape index (κ3) is 6.90. The number of benzene rings is 1. The minimum absolute atomic E-state index is 0.0852. The minimum Gasteiger partial charge on any atom is -0.370 e. The second kappa shape index (κ2) is 8.87. The smallest absolute Gasteiger partial charge is 0.243 e. The molecule has 6 nitrogen and oxygen atoms in total. The van der Waals surface area contributed by atoms with Gasteiger partial charge in [-0.3, -0.25) is 14.4 Å². The summed E-state index contributed by atoms with van der Waals surface area (Å²) in [5, 5.41) is 5.16. The molecule has 1 rings (SSSR count). The van der Waals surface area contributed by atoms with Crippen LogP contribution >= 0.6 is 0 Å². The molecular weight excluding hydrogens is 301 g/mol. The Balaban J connectivity index is 2.70. The molecule has 126 valence electrons. The van der Waals surface area contributed by atoms with E-state index in [0.29, 0.717) is 12.0 Å². The van der Waals surface area contributed by atoms with E-state index in [2.05, 4.69) is 10.6 Å². The van der Waals surface area contributed by atoms with Crippen molar-refractivity contribution in [2.45, 2.75) is 45.2 Å². The Hall–Kier alpha value is -2.44. The molecule has 0 spiro atoms. The molecule has 7 heteroatoms. The van der Waals surface area contributed by atoms with Gasteiger partial charge in [0.2, 0.25) is 17.7 Å². The van der Waals surface area contributed by atoms with Gasteiger partial charge in [-0.25, -0.2) is 4.39 Å². The second-order valence-corrected chi connectivity index (χ2v) is 5.42. The number of amides is 3. The van der Waals surface area contributed by atoms with Gasteiger partial charge in [0.1, 0.15) is 11.9 Å². The van der Waals surface area contributed by atoms with Crippen molar-refractivity contribution >= 4 is 17.7 Å². The van der Waals surface area contributed by atoms with Crippen molar-refractivity contribution in [2.24, 2.45) is 5.73 Å². The van der Waals surface area contributed by atoms with E-state index in [1.165, 1.54) is 18.2 Å². The van der Waals surface area contributed by atoms with Crippen LogP contribution in [0.1, 0.15) is 32.3 Å². The molecule has 0 saturated carbocycles. The summed E-state index contributed by atoms with van der Waals surface area (Å²) in [6, 6.07) is 4.48.